The maximum absolute atomic E-state index is 10.7. The van der Waals surface area contributed by atoms with Gasteiger partial charge in [-0.2, -0.15) is 0 Å². The third-order valence-corrected chi connectivity index (χ3v) is 2.39. The minimum atomic E-state index is 0.0944. The second-order valence-corrected chi connectivity index (χ2v) is 3.50. The highest BCUT2D eigenvalue weighted by Crippen LogP contribution is 2.11. The van der Waals surface area contributed by atoms with Crippen molar-refractivity contribution >= 4 is 17.0 Å². The fraction of sp³-hybridized carbons (Fsp3) is 0.833. The van der Waals surface area contributed by atoms with Crippen LogP contribution in [0.2, 0.25) is 0 Å². The van der Waals surface area contributed by atoms with Crippen molar-refractivity contribution < 1.29 is 4.79 Å². The van der Waals surface area contributed by atoms with Crippen LogP contribution < -0.4 is 5.32 Å². The van der Waals surface area contributed by atoms with Gasteiger partial charge >= 0.3 is 0 Å². The Hall–Kier alpha value is -0.220. The Kier molecular flexibility index (Phi) is 2.56. The Morgan fingerprint density at radius 3 is 2.80 bits per heavy atom. The number of carbonyl (C=O) groups excluding carboxylic acids is 1. The van der Waals surface area contributed by atoms with Crippen LogP contribution in [0.1, 0.15) is 13.8 Å². The third kappa shape index (κ3) is 1.88. The van der Waals surface area contributed by atoms with Crippen molar-refractivity contribution in [3.05, 3.63) is 0 Å². The van der Waals surface area contributed by atoms with Crippen LogP contribution in [0.4, 0.5) is 4.79 Å². The molecule has 1 heterocycles. The molecule has 1 N–H and O–H groups in total. The Morgan fingerprint density at radius 1 is 1.70 bits per heavy atom. The standard InChI is InChI=1S/C6H12N2OS/c1-5(2)8-3-7-6(9)10-4-8/h5H,3-4H2,1-2H3,(H,7,9). The summed E-state index contributed by atoms with van der Waals surface area (Å²) in [4.78, 5) is 12.9. The van der Waals surface area contributed by atoms with Gasteiger partial charge in [-0.05, 0) is 25.6 Å². The fourth-order valence-corrected chi connectivity index (χ4v) is 1.58. The summed E-state index contributed by atoms with van der Waals surface area (Å²) in [6.45, 7) is 4.94. The molecule has 1 amide bonds. The van der Waals surface area contributed by atoms with Gasteiger partial charge in [0, 0.05) is 6.04 Å². The van der Waals surface area contributed by atoms with Gasteiger partial charge in [-0.15, -0.1) is 0 Å². The summed E-state index contributed by atoms with van der Waals surface area (Å²) in [5.41, 5.74) is 0. The predicted molar refractivity (Wildman–Crippen MR) is 42.8 cm³/mol. The molecule has 58 valence electrons. The van der Waals surface area contributed by atoms with Crippen LogP contribution in [-0.4, -0.2) is 28.7 Å². The van der Waals surface area contributed by atoms with Crippen LogP contribution in [0.15, 0.2) is 0 Å². The van der Waals surface area contributed by atoms with Crippen LogP contribution in [0.25, 0.3) is 0 Å². The molecule has 1 fully saturated rings. The van der Waals surface area contributed by atoms with E-state index >= 15 is 0 Å². The van der Waals surface area contributed by atoms with Gasteiger partial charge in [0.25, 0.3) is 5.24 Å². The normalized spacial score (nSPS) is 21.3. The number of thioether (sulfide) groups is 1. The van der Waals surface area contributed by atoms with E-state index in [4.69, 9.17) is 0 Å². The Bertz CT molecular complexity index is 128. The first-order chi connectivity index (χ1) is 4.70. The van der Waals surface area contributed by atoms with Crippen LogP contribution in [0.3, 0.4) is 0 Å². The minimum Gasteiger partial charge on any atom is -0.334 e. The fourth-order valence-electron chi connectivity index (χ4n) is 0.736. The predicted octanol–water partition coefficient (Wildman–Crippen LogP) is 1.07. The molecule has 3 nitrogen and oxygen atoms in total. The first-order valence-corrected chi connectivity index (χ1v) is 4.33. The minimum absolute atomic E-state index is 0.0944. The summed E-state index contributed by atoms with van der Waals surface area (Å²) in [5, 5.41) is 2.86. The van der Waals surface area contributed by atoms with Crippen molar-refractivity contribution in [3.63, 3.8) is 0 Å². The molecular weight excluding hydrogens is 148 g/mol. The van der Waals surface area contributed by atoms with E-state index in [1.54, 1.807) is 0 Å². The van der Waals surface area contributed by atoms with E-state index in [1.165, 1.54) is 11.8 Å². The molecule has 0 aromatic carbocycles. The molecule has 0 saturated carbocycles. The second kappa shape index (κ2) is 3.25. The third-order valence-electron chi connectivity index (χ3n) is 1.52. The summed E-state index contributed by atoms with van der Waals surface area (Å²) in [6.07, 6.45) is 0. The number of carbonyl (C=O) groups is 1. The maximum Gasteiger partial charge on any atom is 0.281 e. The van der Waals surface area contributed by atoms with Crippen molar-refractivity contribution in [1.29, 1.82) is 0 Å². The molecule has 1 aliphatic heterocycles. The average molecular weight is 160 g/mol. The number of rotatable bonds is 1. The quantitative estimate of drug-likeness (QED) is 0.622. The lowest BCUT2D eigenvalue weighted by Gasteiger charge is -2.29. The lowest BCUT2D eigenvalue weighted by molar-refractivity contribution is 0.222. The first kappa shape index (κ1) is 7.88. The molecule has 0 unspecified atom stereocenters. The molecule has 0 atom stereocenters. The summed E-state index contributed by atoms with van der Waals surface area (Å²) in [6, 6.07) is 0.521. The van der Waals surface area contributed by atoms with Crippen LogP contribution >= 0.6 is 11.8 Å². The molecule has 4 heteroatoms. The highest BCUT2D eigenvalue weighted by Gasteiger charge is 2.17. The van der Waals surface area contributed by atoms with Crippen LogP contribution in [-0.2, 0) is 0 Å². The van der Waals surface area contributed by atoms with E-state index in [2.05, 4.69) is 24.1 Å². The van der Waals surface area contributed by atoms with Gasteiger partial charge in [0.15, 0.2) is 0 Å². The van der Waals surface area contributed by atoms with Crippen molar-refractivity contribution in [2.24, 2.45) is 0 Å². The van der Waals surface area contributed by atoms with Crippen molar-refractivity contribution in [3.8, 4) is 0 Å². The monoisotopic (exact) mass is 160 g/mol. The molecule has 0 aromatic heterocycles. The molecule has 1 saturated heterocycles. The van der Waals surface area contributed by atoms with Gasteiger partial charge in [-0.1, -0.05) is 0 Å². The molecule has 0 aromatic rings. The van der Waals surface area contributed by atoms with Gasteiger partial charge in [0.1, 0.15) is 0 Å². The van der Waals surface area contributed by atoms with E-state index < -0.39 is 0 Å². The SMILES string of the molecule is CC(C)N1CNC(=O)SC1. The van der Waals surface area contributed by atoms with E-state index in [0.717, 1.165) is 5.88 Å². The first-order valence-electron chi connectivity index (χ1n) is 3.35. The maximum atomic E-state index is 10.7. The lowest BCUT2D eigenvalue weighted by Crippen LogP contribution is -2.44. The van der Waals surface area contributed by atoms with Gasteiger partial charge < -0.3 is 5.32 Å². The lowest BCUT2D eigenvalue weighted by atomic mass is 10.4. The van der Waals surface area contributed by atoms with Crippen molar-refractivity contribution in [2.75, 3.05) is 12.5 Å². The zero-order valence-electron chi connectivity index (χ0n) is 6.26. The Morgan fingerprint density at radius 2 is 2.40 bits per heavy atom. The number of hydrogen-bond acceptors (Lipinski definition) is 3. The highest BCUT2D eigenvalue weighted by molar-refractivity contribution is 8.13. The van der Waals surface area contributed by atoms with Gasteiger partial charge in [-0.25, -0.2) is 0 Å². The summed E-state index contributed by atoms with van der Waals surface area (Å²) < 4.78 is 0. The summed E-state index contributed by atoms with van der Waals surface area (Å²) >= 11 is 1.33. The van der Waals surface area contributed by atoms with E-state index in [0.29, 0.717) is 12.7 Å². The van der Waals surface area contributed by atoms with Gasteiger partial charge in [0.05, 0.1) is 12.5 Å². The molecule has 10 heavy (non-hydrogen) atoms. The summed E-state index contributed by atoms with van der Waals surface area (Å²) in [5.74, 6) is 0.823. The van der Waals surface area contributed by atoms with Crippen molar-refractivity contribution in [2.45, 2.75) is 19.9 Å². The van der Waals surface area contributed by atoms with E-state index in [1.807, 2.05) is 0 Å². The molecular formula is C6H12N2OS. The smallest absolute Gasteiger partial charge is 0.281 e. The topological polar surface area (TPSA) is 32.3 Å². The van der Waals surface area contributed by atoms with E-state index in [9.17, 15) is 4.79 Å². The van der Waals surface area contributed by atoms with Crippen molar-refractivity contribution in [1.82, 2.24) is 10.2 Å². The van der Waals surface area contributed by atoms with Crippen LogP contribution in [0.5, 0.6) is 0 Å². The van der Waals surface area contributed by atoms with E-state index in [-0.39, 0.29) is 5.24 Å². The molecule has 0 bridgehead atoms. The van der Waals surface area contributed by atoms with Gasteiger partial charge in [-0.3, -0.25) is 9.69 Å². The Labute approximate surface area is 65.2 Å². The number of amides is 1. The molecule has 1 rings (SSSR count). The number of nitrogens with zero attached hydrogens (tertiary/aromatic N) is 1. The number of hydrogen-bond donors (Lipinski definition) is 1. The highest BCUT2D eigenvalue weighted by atomic mass is 32.2. The zero-order valence-corrected chi connectivity index (χ0v) is 7.07. The molecule has 1 aliphatic rings. The molecule has 0 radical (unpaired) electrons. The second-order valence-electron chi connectivity index (χ2n) is 2.58. The Balaban J connectivity index is 2.33. The number of nitrogens with one attached hydrogen (secondary N) is 1. The molecule has 0 spiro atoms. The zero-order chi connectivity index (χ0) is 7.56. The largest absolute Gasteiger partial charge is 0.334 e. The van der Waals surface area contributed by atoms with Gasteiger partial charge in [0.2, 0.25) is 0 Å². The average Bonchev–Trinajstić information content (AvgIpc) is 1.88. The molecule has 0 aliphatic carbocycles. The van der Waals surface area contributed by atoms with Crippen LogP contribution in [0, 0.1) is 0 Å². The summed E-state index contributed by atoms with van der Waals surface area (Å²) in [7, 11) is 0.